The van der Waals surface area contributed by atoms with Gasteiger partial charge in [0.25, 0.3) is 11.8 Å². The van der Waals surface area contributed by atoms with Gasteiger partial charge in [-0.05, 0) is 55.3 Å². The summed E-state index contributed by atoms with van der Waals surface area (Å²) >= 11 is 3.42. The van der Waals surface area contributed by atoms with E-state index in [-0.39, 0.29) is 11.8 Å². The number of nitrogens with one attached hydrogen (secondary N) is 2. The minimum absolute atomic E-state index is 0.0570. The van der Waals surface area contributed by atoms with Crippen LogP contribution < -0.4 is 5.32 Å². The average molecular weight is 412 g/mol. The van der Waals surface area contributed by atoms with Crippen LogP contribution in [-0.2, 0) is 0 Å². The third-order valence-corrected chi connectivity index (χ3v) is 5.11. The lowest BCUT2D eigenvalue weighted by Gasteiger charge is -2.15. The number of aromatic amines is 1. The molecule has 26 heavy (non-hydrogen) atoms. The van der Waals surface area contributed by atoms with Crippen molar-refractivity contribution in [2.24, 2.45) is 0 Å². The molecule has 0 unspecified atom stereocenters. The van der Waals surface area contributed by atoms with Crippen LogP contribution in [0.5, 0.6) is 0 Å². The Kier molecular flexibility index (Phi) is 4.51. The summed E-state index contributed by atoms with van der Waals surface area (Å²) in [6.07, 6.45) is 2.14. The number of anilines is 1. The maximum absolute atomic E-state index is 12.5. The molecular weight excluding hydrogens is 394 g/mol. The molecule has 1 aliphatic heterocycles. The van der Waals surface area contributed by atoms with Crippen LogP contribution in [0.1, 0.15) is 33.7 Å². The van der Waals surface area contributed by atoms with Gasteiger partial charge in [-0.15, -0.1) is 0 Å². The molecule has 1 aromatic heterocycles. The van der Waals surface area contributed by atoms with Crippen LogP contribution in [0.25, 0.3) is 10.9 Å². The highest BCUT2D eigenvalue weighted by molar-refractivity contribution is 9.10. The highest BCUT2D eigenvalue weighted by Crippen LogP contribution is 2.21. The van der Waals surface area contributed by atoms with Gasteiger partial charge in [0.2, 0.25) is 0 Å². The summed E-state index contributed by atoms with van der Waals surface area (Å²) < 4.78 is 0.956. The fraction of sp³-hybridized carbons (Fsp3) is 0.200. The first-order valence-electron chi connectivity index (χ1n) is 8.59. The first-order valence-corrected chi connectivity index (χ1v) is 9.38. The molecule has 5 nitrogen and oxygen atoms in total. The topological polar surface area (TPSA) is 65.2 Å². The van der Waals surface area contributed by atoms with Gasteiger partial charge in [-0.3, -0.25) is 9.59 Å². The Balaban J connectivity index is 1.47. The maximum atomic E-state index is 12.5. The highest BCUT2D eigenvalue weighted by Gasteiger charge is 2.19. The lowest BCUT2D eigenvalue weighted by atomic mass is 10.2. The molecule has 0 radical (unpaired) electrons. The zero-order valence-electron chi connectivity index (χ0n) is 14.1. The molecule has 1 saturated heterocycles. The second-order valence-electron chi connectivity index (χ2n) is 6.45. The van der Waals surface area contributed by atoms with Gasteiger partial charge in [-0.25, -0.2) is 0 Å². The van der Waals surface area contributed by atoms with Crippen molar-refractivity contribution in [3.63, 3.8) is 0 Å². The number of aromatic nitrogens is 1. The van der Waals surface area contributed by atoms with Crippen molar-refractivity contribution >= 4 is 44.3 Å². The maximum Gasteiger partial charge on any atom is 0.272 e. The number of nitrogens with zero attached hydrogens (tertiary/aromatic N) is 1. The summed E-state index contributed by atoms with van der Waals surface area (Å²) in [6, 6.07) is 14.7. The highest BCUT2D eigenvalue weighted by atomic mass is 79.9. The Morgan fingerprint density at radius 2 is 1.73 bits per heavy atom. The first-order chi connectivity index (χ1) is 12.6. The van der Waals surface area contributed by atoms with Crippen molar-refractivity contribution in [2.45, 2.75) is 12.8 Å². The second-order valence-corrected chi connectivity index (χ2v) is 7.36. The molecule has 6 heteroatoms. The lowest BCUT2D eigenvalue weighted by Crippen LogP contribution is -2.27. The van der Waals surface area contributed by atoms with E-state index in [0.29, 0.717) is 16.9 Å². The summed E-state index contributed by atoms with van der Waals surface area (Å²) in [5, 5.41) is 3.84. The van der Waals surface area contributed by atoms with E-state index in [4.69, 9.17) is 0 Å². The summed E-state index contributed by atoms with van der Waals surface area (Å²) in [5.41, 5.74) is 2.71. The second kappa shape index (κ2) is 6.96. The Morgan fingerprint density at radius 1 is 1.00 bits per heavy atom. The number of likely N-dealkylation sites (tertiary alicyclic amines) is 1. The van der Waals surface area contributed by atoms with Crippen molar-refractivity contribution in [1.29, 1.82) is 0 Å². The van der Waals surface area contributed by atoms with Crippen LogP contribution in [0.2, 0.25) is 0 Å². The summed E-state index contributed by atoms with van der Waals surface area (Å²) in [7, 11) is 0. The predicted molar refractivity (Wildman–Crippen MR) is 106 cm³/mol. The number of fused-ring (bicyclic) bond motifs is 1. The van der Waals surface area contributed by atoms with Crippen molar-refractivity contribution in [3.05, 3.63) is 64.3 Å². The summed E-state index contributed by atoms with van der Waals surface area (Å²) in [4.78, 5) is 29.8. The van der Waals surface area contributed by atoms with E-state index in [0.717, 1.165) is 41.3 Å². The van der Waals surface area contributed by atoms with Gasteiger partial charge in [-0.2, -0.15) is 0 Å². The summed E-state index contributed by atoms with van der Waals surface area (Å²) in [5.74, 6) is -0.155. The van der Waals surface area contributed by atoms with Gasteiger partial charge < -0.3 is 15.2 Å². The molecule has 132 valence electrons. The normalized spacial score (nSPS) is 14.0. The third kappa shape index (κ3) is 3.37. The minimum atomic E-state index is -0.212. The standard InChI is InChI=1S/C20H18BrN3O2/c21-15-6-3-14-11-18(23-17(14)12-15)19(25)22-16-7-4-13(5-8-16)20(26)24-9-1-2-10-24/h3-8,11-12,23H,1-2,9-10H2,(H,22,25). The fourth-order valence-corrected chi connectivity index (χ4v) is 3.58. The molecule has 1 aliphatic rings. The monoisotopic (exact) mass is 411 g/mol. The molecule has 3 aromatic rings. The van der Waals surface area contributed by atoms with Crippen LogP contribution >= 0.6 is 15.9 Å². The molecule has 2 amide bonds. The number of hydrogen-bond donors (Lipinski definition) is 2. The summed E-state index contributed by atoms with van der Waals surface area (Å²) in [6.45, 7) is 1.65. The number of halogens is 1. The lowest BCUT2D eigenvalue weighted by molar-refractivity contribution is 0.0792. The minimum Gasteiger partial charge on any atom is -0.350 e. The molecule has 0 spiro atoms. The molecule has 0 bridgehead atoms. The average Bonchev–Trinajstić information content (AvgIpc) is 3.31. The van der Waals surface area contributed by atoms with Gasteiger partial charge >= 0.3 is 0 Å². The van der Waals surface area contributed by atoms with Crippen molar-refractivity contribution in [2.75, 3.05) is 18.4 Å². The number of H-pyrrole nitrogens is 1. The van der Waals surface area contributed by atoms with E-state index in [9.17, 15) is 9.59 Å². The molecule has 2 aromatic carbocycles. The molecule has 0 atom stereocenters. The number of carbonyl (C=O) groups excluding carboxylic acids is 2. The van der Waals surface area contributed by atoms with Gasteiger partial charge in [-0.1, -0.05) is 22.0 Å². The Labute approximate surface area is 159 Å². The number of amides is 2. The van der Waals surface area contributed by atoms with E-state index >= 15 is 0 Å². The van der Waals surface area contributed by atoms with E-state index in [2.05, 4.69) is 26.2 Å². The van der Waals surface area contributed by atoms with Crippen LogP contribution in [0.15, 0.2) is 53.0 Å². The van der Waals surface area contributed by atoms with Crippen molar-refractivity contribution in [3.8, 4) is 0 Å². The number of hydrogen-bond acceptors (Lipinski definition) is 2. The zero-order chi connectivity index (χ0) is 18.1. The molecular formula is C20H18BrN3O2. The molecule has 0 aliphatic carbocycles. The molecule has 2 N–H and O–H groups in total. The van der Waals surface area contributed by atoms with Gasteiger partial charge in [0.15, 0.2) is 0 Å². The van der Waals surface area contributed by atoms with Crippen LogP contribution in [0, 0.1) is 0 Å². The van der Waals surface area contributed by atoms with E-state index in [1.807, 2.05) is 29.2 Å². The SMILES string of the molecule is O=C(Nc1ccc(C(=O)N2CCCC2)cc1)c1cc2ccc(Br)cc2[nH]1. The smallest absolute Gasteiger partial charge is 0.272 e. The quantitative estimate of drug-likeness (QED) is 0.669. The first kappa shape index (κ1) is 16.8. The molecule has 0 saturated carbocycles. The van der Waals surface area contributed by atoms with E-state index < -0.39 is 0 Å². The van der Waals surface area contributed by atoms with Crippen LogP contribution in [-0.4, -0.2) is 34.8 Å². The van der Waals surface area contributed by atoms with Gasteiger partial charge in [0.05, 0.1) is 0 Å². The Bertz CT molecular complexity index is 972. The molecule has 4 rings (SSSR count). The van der Waals surface area contributed by atoms with Gasteiger partial charge in [0.1, 0.15) is 5.69 Å². The zero-order valence-corrected chi connectivity index (χ0v) is 15.7. The number of benzene rings is 2. The van der Waals surface area contributed by atoms with Crippen LogP contribution in [0.4, 0.5) is 5.69 Å². The number of rotatable bonds is 3. The fourth-order valence-electron chi connectivity index (χ4n) is 3.22. The number of carbonyl (C=O) groups is 2. The van der Waals surface area contributed by atoms with Crippen LogP contribution in [0.3, 0.4) is 0 Å². The Hall–Kier alpha value is -2.60. The van der Waals surface area contributed by atoms with Gasteiger partial charge in [0, 0.05) is 39.7 Å². The Morgan fingerprint density at radius 3 is 2.46 bits per heavy atom. The van der Waals surface area contributed by atoms with Crippen molar-refractivity contribution in [1.82, 2.24) is 9.88 Å². The van der Waals surface area contributed by atoms with E-state index in [1.165, 1.54) is 0 Å². The molecule has 2 heterocycles. The van der Waals surface area contributed by atoms with E-state index in [1.54, 1.807) is 24.3 Å². The third-order valence-electron chi connectivity index (χ3n) is 4.61. The largest absolute Gasteiger partial charge is 0.350 e. The van der Waals surface area contributed by atoms with Crippen molar-refractivity contribution < 1.29 is 9.59 Å². The molecule has 1 fully saturated rings. The predicted octanol–water partition coefficient (Wildman–Crippen LogP) is 4.42.